The summed E-state index contributed by atoms with van der Waals surface area (Å²) in [7, 11) is 0. The predicted octanol–water partition coefficient (Wildman–Crippen LogP) is 4.68. The van der Waals surface area contributed by atoms with E-state index in [1.54, 1.807) is 6.92 Å². The van der Waals surface area contributed by atoms with Crippen molar-refractivity contribution in [1.82, 2.24) is 4.98 Å². The van der Waals surface area contributed by atoms with Gasteiger partial charge in [0.15, 0.2) is 5.69 Å². The monoisotopic (exact) mass is 389 g/mol. The maximum absolute atomic E-state index is 12.6. The number of aromatic nitrogens is 1. The molecule has 6 nitrogen and oxygen atoms in total. The third kappa shape index (κ3) is 3.82. The van der Waals surface area contributed by atoms with Crippen LogP contribution in [0.1, 0.15) is 34.3 Å². The summed E-state index contributed by atoms with van der Waals surface area (Å²) < 4.78 is 16.3. The smallest absolute Gasteiger partial charge is 0.360 e. The van der Waals surface area contributed by atoms with Crippen LogP contribution < -0.4 is 5.63 Å². The molecule has 0 unspecified atom stereocenters. The van der Waals surface area contributed by atoms with Crippen LogP contribution in [-0.4, -0.2) is 11.0 Å². The van der Waals surface area contributed by atoms with Crippen LogP contribution in [0.2, 0.25) is 0 Å². The largest absolute Gasteiger partial charge is 0.456 e. The molecule has 0 N–H and O–H groups in total. The molecule has 0 radical (unpaired) electrons. The lowest BCUT2D eigenvalue weighted by molar-refractivity contribution is 0.0465. The van der Waals surface area contributed by atoms with E-state index in [9.17, 15) is 9.59 Å². The first-order valence-corrected chi connectivity index (χ1v) is 9.31. The summed E-state index contributed by atoms with van der Waals surface area (Å²) in [5, 5.41) is 0.733. The van der Waals surface area contributed by atoms with Crippen LogP contribution in [0.4, 0.5) is 0 Å². The van der Waals surface area contributed by atoms with Crippen LogP contribution in [0.5, 0.6) is 0 Å². The Morgan fingerprint density at radius 1 is 1.07 bits per heavy atom. The van der Waals surface area contributed by atoms with Gasteiger partial charge in [0.25, 0.3) is 0 Å². The zero-order chi connectivity index (χ0) is 20.4. The van der Waals surface area contributed by atoms with Crippen LogP contribution in [0, 0.1) is 6.92 Å². The molecule has 0 saturated heterocycles. The summed E-state index contributed by atoms with van der Waals surface area (Å²) in [6.45, 7) is 3.61. The molecule has 0 saturated carbocycles. The maximum Gasteiger partial charge on any atom is 0.360 e. The van der Waals surface area contributed by atoms with Crippen molar-refractivity contribution in [2.45, 2.75) is 26.9 Å². The molecule has 0 spiro atoms. The lowest BCUT2D eigenvalue weighted by atomic mass is 10.1. The summed E-state index contributed by atoms with van der Waals surface area (Å²) >= 11 is 0. The highest BCUT2D eigenvalue weighted by Crippen LogP contribution is 2.23. The highest BCUT2D eigenvalue weighted by atomic mass is 16.5. The fourth-order valence-corrected chi connectivity index (χ4v) is 3.12. The summed E-state index contributed by atoms with van der Waals surface area (Å²) in [5.74, 6) is 0.117. The molecule has 0 aliphatic carbocycles. The lowest BCUT2D eigenvalue weighted by Gasteiger charge is -2.07. The van der Waals surface area contributed by atoms with E-state index in [1.165, 1.54) is 6.07 Å². The first-order chi connectivity index (χ1) is 14.0. The molecule has 2 aromatic heterocycles. The molecular weight excluding hydrogens is 370 g/mol. The second kappa shape index (κ2) is 7.75. The molecule has 0 fully saturated rings. The minimum Gasteiger partial charge on any atom is -0.456 e. The average Bonchev–Trinajstić information content (AvgIpc) is 3.13. The number of nitrogens with zero attached hydrogens (tertiary/aromatic N) is 1. The molecule has 6 heteroatoms. The molecule has 2 heterocycles. The quantitative estimate of drug-likeness (QED) is 0.364. The minimum atomic E-state index is -0.611. The summed E-state index contributed by atoms with van der Waals surface area (Å²) in [4.78, 5) is 28.7. The summed E-state index contributed by atoms with van der Waals surface area (Å²) in [5.41, 5.74) is 2.52. The first-order valence-electron chi connectivity index (χ1n) is 9.31. The fraction of sp³-hybridized carbons (Fsp3) is 0.174. The van der Waals surface area contributed by atoms with Gasteiger partial charge in [-0.25, -0.2) is 14.6 Å². The SMILES string of the molecule is CCc1ccc2c(COC(=O)c3nc(-c4ccccc4)oc3C)cc(=O)oc2c1. The zero-order valence-corrected chi connectivity index (χ0v) is 16.1. The molecule has 2 aromatic carbocycles. The zero-order valence-electron chi connectivity index (χ0n) is 16.1. The summed E-state index contributed by atoms with van der Waals surface area (Å²) in [6.07, 6.45) is 0.827. The van der Waals surface area contributed by atoms with Gasteiger partial charge >= 0.3 is 11.6 Å². The van der Waals surface area contributed by atoms with Crippen molar-refractivity contribution < 1.29 is 18.4 Å². The number of carbonyl (C=O) groups excluding carboxylic acids is 1. The number of rotatable bonds is 5. The molecule has 0 atom stereocenters. The van der Waals surface area contributed by atoms with Crippen molar-refractivity contribution in [3.05, 3.63) is 87.6 Å². The number of hydrogen-bond donors (Lipinski definition) is 0. The van der Waals surface area contributed by atoms with E-state index in [1.807, 2.05) is 55.5 Å². The third-order valence-electron chi connectivity index (χ3n) is 4.67. The normalized spacial score (nSPS) is 11.0. The molecule has 0 aliphatic rings. The number of aryl methyl sites for hydroxylation is 2. The number of hydrogen-bond acceptors (Lipinski definition) is 6. The Morgan fingerprint density at radius 2 is 1.86 bits per heavy atom. The molecule has 146 valence electrons. The van der Waals surface area contributed by atoms with Gasteiger partial charge in [-0.2, -0.15) is 0 Å². The number of carbonyl (C=O) groups is 1. The second-order valence-electron chi connectivity index (χ2n) is 6.64. The van der Waals surface area contributed by atoms with E-state index in [-0.39, 0.29) is 12.3 Å². The number of oxazole rings is 1. The van der Waals surface area contributed by atoms with Gasteiger partial charge in [-0.15, -0.1) is 0 Å². The Hall–Kier alpha value is -3.67. The number of benzene rings is 2. The van der Waals surface area contributed by atoms with Crippen LogP contribution in [0.3, 0.4) is 0 Å². The van der Waals surface area contributed by atoms with Gasteiger partial charge in [0.2, 0.25) is 5.89 Å². The first kappa shape index (κ1) is 18.7. The van der Waals surface area contributed by atoms with E-state index in [0.29, 0.717) is 22.8 Å². The molecular formula is C23H19NO5. The van der Waals surface area contributed by atoms with E-state index >= 15 is 0 Å². The number of esters is 1. The van der Waals surface area contributed by atoms with Gasteiger partial charge < -0.3 is 13.6 Å². The number of fused-ring (bicyclic) bond motifs is 1. The number of ether oxygens (including phenoxy) is 1. The van der Waals surface area contributed by atoms with Crippen molar-refractivity contribution in [3.63, 3.8) is 0 Å². The molecule has 4 aromatic rings. The van der Waals surface area contributed by atoms with Crippen molar-refractivity contribution in [2.75, 3.05) is 0 Å². The Kier molecular flexibility index (Phi) is 4.99. The molecule has 0 amide bonds. The lowest BCUT2D eigenvalue weighted by Crippen LogP contribution is -2.09. The Labute approximate surface area is 166 Å². The fourth-order valence-electron chi connectivity index (χ4n) is 3.12. The molecule has 29 heavy (non-hydrogen) atoms. The molecule has 4 rings (SSSR count). The van der Waals surface area contributed by atoms with Crippen molar-refractivity contribution in [1.29, 1.82) is 0 Å². The van der Waals surface area contributed by atoms with Crippen LogP contribution in [-0.2, 0) is 17.8 Å². The van der Waals surface area contributed by atoms with Gasteiger partial charge in [0, 0.05) is 22.6 Å². The van der Waals surface area contributed by atoms with E-state index in [2.05, 4.69) is 4.98 Å². The van der Waals surface area contributed by atoms with Gasteiger partial charge in [-0.05, 0) is 37.1 Å². The highest BCUT2D eigenvalue weighted by molar-refractivity contribution is 5.89. The van der Waals surface area contributed by atoms with Crippen molar-refractivity contribution in [2.24, 2.45) is 0 Å². The van der Waals surface area contributed by atoms with Crippen LogP contribution >= 0.6 is 0 Å². The van der Waals surface area contributed by atoms with Gasteiger partial charge in [-0.3, -0.25) is 0 Å². The third-order valence-corrected chi connectivity index (χ3v) is 4.67. The van der Waals surface area contributed by atoms with Crippen LogP contribution in [0.25, 0.3) is 22.4 Å². The van der Waals surface area contributed by atoms with Crippen molar-refractivity contribution in [3.8, 4) is 11.5 Å². The second-order valence-corrected chi connectivity index (χ2v) is 6.64. The predicted molar refractivity (Wildman–Crippen MR) is 108 cm³/mol. The maximum atomic E-state index is 12.6. The van der Waals surface area contributed by atoms with Gasteiger partial charge in [0.1, 0.15) is 18.0 Å². The minimum absolute atomic E-state index is 0.0701. The summed E-state index contributed by atoms with van der Waals surface area (Å²) in [6, 6.07) is 16.3. The molecule has 0 aliphatic heterocycles. The van der Waals surface area contributed by atoms with Crippen molar-refractivity contribution >= 4 is 16.9 Å². The van der Waals surface area contributed by atoms with E-state index in [0.717, 1.165) is 22.9 Å². The average molecular weight is 389 g/mol. The Balaban J connectivity index is 1.58. The standard InChI is InChI=1S/C23H19NO5/c1-3-15-9-10-18-17(12-20(25)29-19(18)11-15)13-27-23(26)21-14(2)28-22(24-21)16-7-5-4-6-8-16/h4-12H,3,13H2,1-2H3. The topological polar surface area (TPSA) is 82.5 Å². The van der Waals surface area contributed by atoms with Crippen LogP contribution in [0.15, 0.2) is 68.2 Å². The molecule has 0 bridgehead atoms. The van der Waals surface area contributed by atoms with E-state index in [4.69, 9.17) is 13.6 Å². The Bertz CT molecular complexity index is 1240. The van der Waals surface area contributed by atoms with Gasteiger partial charge in [0.05, 0.1) is 0 Å². The Morgan fingerprint density at radius 3 is 2.62 bits per heavy atom. The van der Waals surface area contributed by atoms with E-state index < -0.39 is 11.6 Å². The highest BCUT2D eigenvalue weighted by Gasteiger charge is 2.20. The van der Waals surface area contributed by atoms with Gasteiger partial charge in [-0.1, -0.05) is 37.3 Å².